The van der Waals surface area contributed by atoms with Gasteiger partial charge in [0.15, 0.2) is 11.5 Å². The molecule has 2 heterocycles. The van der Waals surface area contributed by atoms with E-state index in [4.69, 9.17) is 0 Å². The molecule has 7 heteroatoms. The first-order valence-corrected chi connectivity index (χ1v) is 10.7. The Balaban J connectivity index is 1.48. The van der Waals surface area contributed by atoms with E-state index in [2.05, 4.69) is 32.2 Å². The minimum Gasteiger partial charge on any atom is -0.325 e. The maximum Gasteiger partial charge on any atom is 0.234 e. The van der Waals surface area contributed by atoms with Gasteiger partial charge in [0.2, 0.25) is 5.91 Å². The summed E-state index contributed by atoms with van der Waals surface area (Å²) in [5, 5.41) is 4.36. The van der Waals surface area contributed by atoms with Crippen molar-refractivity contribution >= 4 is 34.4 Å². The number of carbonyl (C=O) groups excluding carboxylic acids is 1. The summed E-state index contributed by atoms with van der Waals surface area (Å²) in [7, 11) is 0. The Bertz CT molecular complexity index is 1190. The third-order valence-corrected chi connectivity index (χ3v) is 5.63. The van der Waals surface area contributed by atoms with Crippen LogP contribution in [0.15, 0.2) is 66.1 Å². The van der Waals surface area contributed by atoms with Gasteiger partial charge in [0, 0.05) is 17.4 Å². The highest BCUT2D eigenvalue weighted by atomic mass is 32.2. The zero-order valence-electron chi connectivity index (χ0n) is 16.8. The quantitative estimate of drug-likeness (QED) is 0.363. The highest BCUT2D eigenvalue weighted by Crippen LogP contribution is 2.25. The van der Waals surface area contributed by atoms with Gasteiger partial charge in [-0.2, -0.15) is 0 Å². The average molecular weight is 416 g/mol. The van der Waals surface area contributed by atoms with Crippen LogP contribution in [0.4, 0.5) is 5.69 Å². The topological polar surface area (TPSA) is 80.7 Å². The van der Waals surface area contributed by atoms with Crippen LogP contribution < -0.4 is 5.32 Å². The summed E-state index contributed by atoms with van der Waals surface area (Å²) in [6.07, 6.45) is 4.12. The lowest BCUT2D eigenvalue weighted by Gasteiger charge is -2.08. The Hall–Kier alpha value is -3.32. The van der Waals surface area contributed by atoms with Crippen molar-refractivity contribution in [2.75, 3.05) is 11.1 Å². The van der Waals surface area contributed by atoms with Crippen LogP contribution in [0.25, 0.3) is 22.4 Å². The van der Waals surface area contributed by atoms with Gasteiger partial charge in [-0.25, -0.2) is 19.9 Å². The summed E-state index contributed by atoms with van der Waals surface area (Å²) in [5.41, 5.74) is 4.67. The largest absolute Gasteiger partial charge is 0.325 e. The van der Waals surface area contributed by atoms with Crippen molar-refractivity contribution in [1.82, 2.24) is 19.9 Å². The summed E-state index contributed by atoms with van der Waals surface area (Å²) >= 11 is 1.35. The summed E-state index contributed by atoms with van der Waals surface area (Å²) < 4.78 is 0. The number of thioether (sulfide) groups is 1. The molecule has 0 aliphatic rings. The lowest BCUT2D eigenvalue weighted by Crippen LogP contribution is -2.14. The first kappa shape index (κ1) is 20.0. The van der Waals surface area contributed by atoms with Gasteiger partial charge in [0.25, 0.3) is 0 Å². The van der Waals surface area contributed by atoms with Crippen LogP contribution >= 0.6 is 11.8 Å². The molecule has 30 heavy (non-hydrogen) atoms. The van der Waals surface area contributed by atoms with Gasteiger partial charge < -0.3 is 5.32 Å². The molecule has 150 valence electrons. The molecule has 2 aromatic carbocycles. The summed E-state index contributed by atoms with van der Waals surface area (Å²) in [6, 6.07) is 15.9. The van der Waals surface area contributed by atoms with Crippen LogP contribution in [0, 0.1) is 6.92 Å². The molecule has 0 spiro atoms. The zero-order chi connectivity index (χ0) is 20.9. The van der Waals surface area contributed by atoms with Crippen LogP contribution in [-0.2, 0) is 11.2 Å². The number of anilines is 1. The van der Waals surface area contributed by atoms with Crippen LogP contribution in [0.5, 0.6) is 0 Å². The molecule has 0 aliphatic heterocycles. The molecule has 4 aromatic rings. The Morgan fingerprint density at radius 1 is 1.07 bits per heavy atom. The number of aromatic nitrogens is 4. The van der Waals surface area contributed by atoms with E-state index in [0.29, 0.717) is 16.5 Å². The molecular weight excluding hydrogens is 394 g/mol. The highest BCUT2D eigenvalue weighted by molar-refractivity contribution is 8.00. The molecule has 0 atom stereocenters. The number of hydrogen-bond acceptors (Lipinski definition) is 6. The van der Waals surface area contributed by atoms with E-state index in [9.17, 15) is 4.79 Å². The minimum absolute atomic E-state index is 0.0859. The van der Waals surface area contributed by atoms with Crippen LogP contribution in [-0.4, -0.2) is 31.6 Å². The Kier molecular flexibility index (Phi) is 5.99. The molecule has 0 unspecified atom stereocenters. The minimum atomic E-state index is -0.0859. The smallest absolute Gasteiger partial charge is 0.234 e. The van der Waals surface area contributed by atoms with Gasteiger partial charge in [0.1, 0.15) is 11.4 Å². The second kappa shape index (κ2) is 9.00. The number of amides is 1. The molecule has 0 fully saturated rings. The number of hydrogen-bond donors (Lipinski definition) is 1. The molecule has 0 radical (unpaired) electrons. The van der Waals surface area contributed by atoms with Crippen molar-refractivity contribution in [2.24, 2.45) is 0 Å². The van der Waals surface area contributed by atoms with Crippen molar-refractivity contribution in [3.05, 3.63) is 72.2 Å². The lowest BCUT2D eigenvalue weighted by molar-refractivity contribution is -0.113. The number of rotatable bonds is 6. The van der Waals surface area contributed by atoms with Gasteiger partial charge in [-0.1, -0.05) is 60.6 Å². The van der Waals surface area contributed by atoms with Crippen molar-refractivity contribution in [1.29, 1.82) is 0 Å². The Morgan fingerprint density at radius 3 is 2.70 bits per heavy atom. The van der Waals surface area contributed by atoms with Crippen molar-refractivity contribution < 1.29 is 4.79 Å². The van der Waals surface area contributed by atoms with E-state index in [1.165, 1.54) is 29.2 Å². The number of nitrogens with one attached hydrogen (secondary N) is 1. The average Bonchev–Trinajstić information content (AvgIpc) is 2.78. The molecular formula is C23H21N5OS. The van der Waals surface area contributed by atoms with E-state index in [-0.39, 0.29) is 11.7 Å². The fraction of sp³-hybridized carbons (Fsp3) is 0.174. The van der Waals surface area contributed by atoms with E-state index >= 15 is 0 Å². The number of benzene rings is 2. The van der Waals surface area contributed by atoms with Crippen LogP contribution in [0.2, 0.25) is 0 Å². The molecule has 1 amide bonds. The fourth-order valence-corrected chi connectivity index (χ4v) is 3.75. The molecule has 0 saturated heterocycles. The summed E-state index contributed by atoms with van der Waals surface area (Å²) in [4.78, 5) is 30.0. The number of fused-ring (bicyclic) bond motifs is 1. The van der Waals surface area contributed by atoms with Gasteiger partial charge >= 0.3 is 0 Å². The van der Waals surface area contributed by atoms with E-state index in [0.717, 1.165) is 23.1 Å². The fourth-order valence-electron chi connectivity index (χ4n) is 2.98. The molecule has 6 nitrogen and oxygen atoms in total. The predicted molar refractivity (Wildman–Crippen MR) is 120 cm³/mol. The Labute approximate surface area is 179 Å². The monoisotopic (exact) mass is 415 g/mol. The van der Waals surface area contributed by atoms with Crippen LogP contribution in [0.3, 0.4) is 0 Å². The van der Waals surface area contributed by atoms with E-state index in [1.807, 2.05) is 55.5 Å². The predicted octanol–water partition coefficient (Wildman–Crippen LogP) is 4.69. The number of carbonyl (C=O) groups is 1. The number of aryl methyl sites for hydroxylation is 2. The molecule has 4 rings (SSSR count). The normalized spacial score (nSPS) is 10.9. The third-order valence-electron chi connectivity index (χ3n) is 4.62. The van der Waals surface area contributed by atoms with Gasteiger partial charge in [0.05, 0.1) is 11.1 Å². The van der Waals surface area contributed by atoms with Crippen molar-refractivity contribution in [2.45, 2.75) is 25.3 Å². The highest BCUT2D eigenvalue weighted by Gasteiger charge is 2.11. The summed E-state index contributed by atoms with van der Waals surface area (Å²) in [6.45, 7) is 4.13. The van der Waals surface area contributed by atoms with Gasteiger partial charge in [-0.3, -0.25) is 4.79 Å². The van der Waals surface area contributed by atoms with Crippen LogP contribution in [0.1, 0.15) is 18.1 Å². The van der Waals surface area contributed by atoms with Crippen molar-refractivity contribution in [3.63, 3.8) is 0 Å². The zero-order valence-corrected chi connectivity index (χ0v) is 17.6. The van der Waals surface area contributed by atoms with E-state index < -0.39 is 0 Å². The maximum atomic E-state index is 12.4. The van der Waals surface area contributed by atoms with Crippen molar-refractivity contribution in [3.8, 4) is 11.4 Å². The SMILES string of the molecule is CCc1cccc(NC(=O)CSc2ncnc3nc(-c4ccc(C)cc4)ncc23)c1. The standard InChI is InChI=1S/C23H21N5OS/c1-3-16-5-4-6-18(11-16)27-20(29)13-30-23-19-12-24-21(28-22(19)25-14-26-23)17-9-7-15(2)8-10-17/h4-12,14H,3,13H2,1-2H3,(H,27,29). The maximum absolute atomic E-state index is 12.4. The second-order valence-electron chi connectivity index (χ2n) is 6.87. The van der Waals surface area contributed by atoms with E-state index in [1.54, 1.807) is 6.20 Å². The molecule has 0 bridgehead atoms. The number of nitrogens with zero attached hydrogens (tertiary/aromatic N) is 4. The Morgan fingerprint density at radius 2 is 1.90 bits per heavy atom. The molecule has 0 saturated carbocycles. The molecule has 1 N–H and O–H groups in total. The second-order valence-corrected chi connectivity index (χ2v) is 7.83. The molecule has 2 aromatic heterocycles. The lowest BCUT2D eigenvalue weighted by atomic mass is 10.1. The first-order valence-electron chi connectivity index (χ1n) is 9.69. The molecule has 0 aliphatic carbocycles. The summed E-state index contributed by atoms with van der Waals surface area (Å²) in [5.74, 6) is 0.769. The third kappa shape index (κ3) is 4.63. The van der Waals surface area contributed by atoms with Gasteiger partial charge in [-0.05, 0) is 31.0 Å². The van der Waals surface area contributed by atoms with Gasteiger partial charge in [-0.15, -0.1) is 0 Å². The first-order chi connectivity index (χ1) is 14.6.